The number of halogens is 1. The number of esters is 1. The summed E-state index contributed by atoms with van der Waals surface area (Å²) in [4.78, 5) is 11.4. The molecule has 0 spiro atoms. The van der Waals surface area contributed by atoms with E-state index in [4.69, 9.17) is 4.74 Å². The maximum absolute atomic E-state index is 11.4. The SMILES string of the molecule is CCC(I)C(=O)OCC1CCC(C)(O)C1. The van der Waals surface area contributed by atoms with Crippen molar-refractivity contribution in [1.82, 2.24) is 0 Å². The molecule has 1 saturated carbocycles. The Morgan fingerprint density at radius 3 is 2.87 bits per heavy atom. The smallest absolute Gasteiger partial charge is 0.318 e. The predicted molar refractivity (Wildman–Crippen MR) is 67.0 cm³/mol. The summed E-state index contributed by atoms with van der Waals surface area (Å²) in [6.07, 6.45) is 3.33. The summed E-state index contributed by atoms with van der Waals surface area (Å²) in [5.41, 5.74) is -0.550. The highest BCUT2D eigenvalue weighted by Crippen LogP contribution is 2.34. The standard InChI is InChI=1S/C11H19IO3/c1-3-9(12)10(13)15-7-8-4-5-11(2,14)6-8/h8-9,14H,3-7H2,1-2H3. The number of aliphatic hydroxyl groups is 1. The minimum absolute atomic E-state index is 0.0375. The molecule has 3 unspecified atom stereocenters. The van der Waals surface area contributed by atoms with Gasteiger partial charge in [0, 0.05) is 0 Å². The molecule has 0 aromatic rings. The number of hydrogen-bond donors (Lipinski definition) is 1. The third-order valence-corrected chi connectivity index (χ3v) is 4.28. The molecular formula is C11H19IO3. The number of hydrogen-bond acceptors (Lipinski definition) is 3. The molecule has 88 valence electrons. The summed E-state index contributed by atoms with van der Waals surface area (Å²) in [7, 11) is 0. The fourth-order valence-corrected chi connectivity index (χ4v) is 2.12. The molecule has 3 nitrogen and oxygen atoms in total. The van der Waals surface area contributed by atoms with Gasteiger partial charge in [-0.25, -0.2) is 0 Å². The molecule has 0 radical (unpaired) electrons. The summed E-state index contributed by atoms with van der Waals surface area (Å²) in [6, 6.07) is 0. The Morgan fingerprint density at radius 1 is 1.73 bits per heavy atom. The minimum atomic E-state index is -0.550. The van der Waals surface area contributed by atoms with E-state index in [9.17, 15) is 9.90 Å². The van der Waals surface area contributed by atoms with Crippen LogP contribution < -0.4 is 0 Å². The van der Waals surface area contributed by atoms with Crippen molar-refractivity contribution < 1.29 is 14.6 Å². The molecule has 1 aliphatic rings. The Labute approximate surface area is 105 Å². The molecule has 1 fully saturated rings. The largest absolute Gasteiger partial charge is 0.465 e. The van der Waals surface area contributed by atoms with E-state index in [0.717, 1.165) is 25.7 Å². The second-order valence-electron chi connectivity index (χ2n) is 4.61. The summed E-state index contributed by atoms with van der Waals surface area (Å²) < 4.78 is 5.18. The van der Waals surface area contributed by atoms with Crippen LogP contribution in [0.4, 0.5) is 0 Å². The van der Waals surface area contributed by atoms with Crippen molar-refractivity contribution in [3.63, 3.8) is 0 Å². The molecule has 3 atom stereocenters. The number of alkyl halides is 1. The van der Waals surface area contributed by atoms with E-state index < -0.39 is 5.60 Å². The Hall–Kier alpha value is 0.160. The summed E-state index contributed by atoms with van der Waals surface area (Å²) in [5, 5.41) is 9.74. The lowest BCUT2D eigenvalue weighted by Gasteiger charge is -2.16. The Balaban J connectivity index is 2.24. The van der Waals surface area contributed by atoms with Gasteiger partial charge in [0.2, 0.25) is 0 Å². The van der Waals surface area contributed by atoms with Crippen LogP contribution in [0.3, 0.4) is 0 Å². The van der Waals surface area contributed by atoms with Crippen molar-refractivity contribution in [3.8, 4) is 0 Å². The molecular weight excluding hydrogens is 307 g/mol. The van der Waals surface area contributed by atoms with Crippen molar-refractivity contribution in [2.45, 2.75) is 49.1 Å². The molecule has 0 aromatic carbocycles. The normalized spacial score (nSPS) is 32.7. The number of ether oxygens (including phenoxy) is 1. The molecule has 0 saturated heterocycles. The first-order valence-electron chi connectivity index (χ1n) is 5.47. The van der Waals surface area contributed by atoms with Gasteiger partial charge in [0.05, 0.1) is 12.2 Å². The van der Waals surface area contributed by atoms with Crippen LogP contribution in [0, 0.1) is 5.92 Å². The first-order valence-corrected chi connectivity index (χ1v) is 6.72. The molecule has 0 aromatic heterocycles. The van der Waals surface area contributed by atoms with Gasteiger partial charge in [0.15, 0.2) is 0 Å². The molecule has 15 heavy (non-hydrogen) atoms. The lowest BCUT2D eigenvalue weighted by molar-refractivity contribution is -0.144. The van der Waals surface area contributed by atoms with Crippen LogP contribution in [0.15, 0.2) is 0 Å². The van der Waals surface area contributed by atoms with Crippen LogP contribution >= 0.6 is 22.6 Å². The molecule has 1 N–H and O–H groups in total. The van der Waals surface area contributed by atoms with Gasteiger partial charge in [-0.05, 0) is 38.5 Å². The van der Waals surface area contributed by atoms with Crippen molar-refractivity contribution in [2.24, 2.45) is 5.92 Å². The van der Waals surface area contributed by atoms with Gasteiger partial charge >= 0.3 is 5.97 Å². The molecule has 0 bridgehead atoms. The average Bonchev–Trinajstić information content (AvgIpc) is 2.53. The average molecular weight is 326 g/mol. The number of carbonyl (C=O) groups is 1. The van der Waals surface area contributed by atoms with E-state index in [1.165, 1.54) is 0 Å². The Kier molecular flexibility index (Phi) is 4.83. The third-order valence-electron chi connectivity index (χ3n) is 2.90. The van der Waals surface area contributed by atoms with Crippen LogP contribution in [0.5, 0.6) is 0 Å². The zero-order valence-electron chi connectivity index (χ0n) is 9.33. The van der Waals surface area contributed by atoms with E-state index in [-0.39, 0.29) is 9.89 Å². The fraction of sp³-hybridized carbons (Fsp3) is 0.909. The maximum atomic E-state index is 11.4. The first kappa shape index (κ1) is 13.2. The predicted octanol–water partition coefficient (Wildman–Crippen LogP) is 2.29. The van der Waals surface area contributed by atoms with Crippen molar-refractivity contribution in [2.75, 3.05) is 6.61 Å². The van der Waals surface area contributed by atoms with Gasteiger partial charge in [-0.2, -0.15) is 0 Å². The van der Waals surface area contributed by atoms with Gasteiger partial charge in [-0.1, -0.05) is 29.5 Å². The monoisotopic (exact) mass is 326 g/mol. The van der Waals surface area contributed by atoms with E-state index in [1.54, 1.807) is 0 Å². The highest BCUT2D eigenvalue weighted by atomic mass is 127. The van der Waals surface area contributed by atoms with Crippen LogP contribution in [-0.2, 0) is 9.53 Å². The van der Waals surface area contributed by atoms with E-state index in [1.807, 2.05) is 13.8 Å². The molecule has 4 heteroatoms. The summed E-state index contributed by atoms with van der Waals surface area (Å²) in [6.45, 7) is 4.29. The molecule has 1 rings (SSSR count). The highest BCUT2D eigenvalue weighted by molar-refractivity contribution is 14.1. The van der Waals surface area contributed by atoms with Crippen LogP contribution in [0.2, 0.25) is 0 Å². The van der Waals surface area contributed by atoms with Crippen molar-refractivity contribution in [1.29, 1.82) is 0 Å². The van der Waals surface area contributed by atoms with Crippen LogP contribution in [0.1, 0.15) is 39.5 Å². The molecule has 0 aliphatic heterocycles. The fourth-order valence-electron chi connectivity index (χ4n) is 1.94. The van der Waals surface area contributed by atoms with Gasteiger partial charge in [-0.3, -0.25) is 4.79 Å². The highest BCUT2D eigenvalue weighted by Gasteiger charge is 2.33. The minimum Gasteiger partial charge on any atom is -0.465 e. The lowest BCUT2D eigenvalue weighted by atomic mass is 10.0. The topological polar surface area (TPSA) is 46.5 Å². The Bertz CT molecular complexity index is 228. The van der Waals surface area contributed by atoms with Crippen molar-refractivity contribution >= 4 is 28.6 Å². The summed E-state index contributed by atoms with van der Waals surface area (Å²) in [5.74, 6) is 0.217. The maximum Gasteiger partial charge on any atom is 0.318 e. The van der Waals surface area contributed by atoms with Gasteiger partial charge in [-0.15, -0.1) is 0 Å². The van der Waals surface area contributed by atoms with E-state index >= 15 is 0 Å². The number of rotatable bonds is 4. The lowest BCUT2D eigenvalue weighted by Crippen LogP contribution is -2.22. The first-order chi connectivity index (χ1) is 6.94. The van der Waals surface area contributed by atoms with Crippen LogP contribution in [0.25, 0.3) is 0 Å². The second-order valence-corrected chi connectivity index (χ2v) is 6.12. The third kappa shape index (κ3) is 4.26. The Morgan fingerprint density at radius 2 is 2.40 bits per heavy atom. The quantitative estimate of drug-likeness (QED) is 0.490. The van der Waals surface area contributed by atoms with Crippen LogP contribution in [-0.4, -0.2) is 27.2 Å². The van der Waals surface area contributed by atoms with E-state index in [0.29, 0.717) is 12.5 Å². The van der Waals surface area contributed by atoms with Crippen molar-refractivity contribution in [3.05, 3.63) is 0 Å². The molecule has 0 amide bonds. The zero-order chi connectivity index (χ0) is 11.5. The van der Waals surface area contributed by atoms with Gasteiger partial charge in [0.25, 0.3) is 0 Å². The zero-order valence-corrected chi connectivity index (χ0v) is 11.5. The van der Waals surface area contributed by atoms with Gasteiger partial charge < -0.3 is 9.84 Å². The molecule has 1 aliphatic carbocycles. The summed E-state index contributed by atoms with van der Waals surface area (Å²) >= 11 is 2.10. The van der Waals surface area contributed by atoms with E-state index in [2.05, 4.69) is 22.6 Å². The number of carbonyl (C=O) groups excluding carboxylic acids is 1. The second kappa shape index (κ2) is 5.48. The molecule has 0 heterocycles. The van der Waals surface area contributed by atoms with Gasteiger partial charge in [0.1, 0.15) is 3.92 Å².